The average molecular weight is 366 g/mol. The Morgan fingerprint density at radius 3 is 1.38 bits per heavy atom. The van der Waals surface area contributed by atoms with E-state index in [9.17, 15) is 4.79 Å². The van der Waals surface area contributed by atoms with Crippen LogP contribution in [0.2, 0.25) is 0 Å². The van der Waals surface area contributed by atoms with Gasteiger partial charge < -0.3 is 0 Å². The van der Waals surface area contributed by atoms with E-state index in [-0.39, 0.29) is 16.4 Å². The molecule has 0 radical (unpaired) electrons. The molecule has 152 valence electrons. The Labute approximate surface area is 162 Å². The molecule has 0 rings (SSSR count). The predicted molar refractivity (Wildman–Crippen MR) is 111 cm³/mol. The van der Waals surface area contributed by atoms with Crippen LogP contribution in [-0.4, -0.2) is 17.3 Å². The van der Waals surface area contributed by atoms with Gasteiger partial charge in [-0.05, 0) is 56.3 Å². The molecule has 4 nitrogen and oxygen atoms in total. The number of nitrogens with zero attached hydrogens (tertiary/aromatic N) is 3. The quantitative estimate of drug-likeness (QED) is 0.229. The first-order valence-electron chi connectivity index (χ1n) is 10.0. The monoisotopic (exact) mass is 365 g/mol. The molecular formula is C22H43N3O. The summed E-state index contributed by atoms with van der Waals surface area (Å²) in [7, 11) is 0. The Morgan fingerprint density at radius 2 is 1.12 bits per heavy atom. The molecular weight excluding hydrogens is 322 g/mol. The molecule has 0 aliphatic carbocycles. The van der Waals surface area contributed by atoms with Crippen molar-refractivity contribution in [2.45, 2.75) is 113 Å². The van der Waals surface area contributed by atoms with Gasteiger partial charge in [-0.2, -0.15) is 15.2 Å². The van der Waals surface area contributed by atoms with E-state index in [0.717, 1.165) is 12.8 Å². The van der Waals surface area contributed by atoms with Crippen LogP contribution < -0.4 is 0 Å². The highest BCUT2D eigenvalue weighted by Gasteiger charge is 2.42. The van der Waals surface area contributed by atoms with Gasteiger partial charge in [-0.3, -0.25) is 0 Å². The second-order valence-corrected chi connectivity index (χ2v) is 11.4. The molecule has 0 aliphatic rings. The highest BCUT2D eigenvalue weighted by Crippen LogP contribution is 2.44. The van der Waals surface area contributed by atoms with Crippen molar-refractivity contribution in [3.8, 4) is 0 Å². The lowest BCUT2D eigenvalue weighted by Crippen LogP contribution is -2.37. The van der Waals surface area contributed by atoms with E-state index < -0.39 is 5.66 Å². The van der Waals surface area contributed by atoms with Gasteiger partial charge in [0.05, 0.1) is 5.54 Å². The summed E-state index contributed by atoms with van der Waals surface area (Å²) in [4.78, 5) is 15.6. The Hall–Kier alpha value is -1.02. The molecule has 0 heterocycles. The molecule has 0 saturated heterocycles. The molecule has 0 spiro atoms. The van der Waals surface area contributed by atoms with Crippen LogP contribution >= 0.6 is 0 Å². The molecule has 0 aromatic rings. The van der Waals surface area contributed by atoms with Crippen LogP contribution in [-0.2, 0) is 4.79 Å². The van der Waals surface area contributed by atoms with Crippen molar-refractivity contribution in [3.05, 3.63) is 0 Å². The molecule has 0 bridgehead atoms. The van der Waals surface area contributed by atoms with Crippen molar-refractivity contribution < 1.29 is 4.79 Å². The highest BCUT2D eigenvalue weighted by atomic mass is 16.1. The molecule has 0 atom stereocenters. The molecule has 26 heavy (non-hydrogen) atoms. The van der Waals surface area contributed by atoms with Gasteiger partial charge in [-0.15, -0.1) is 0 Å². The fraction of sp³-hybridized carbons (Fsp3) is 0.955. The number of carbonyl (C=O) groups excluding carboxylic acids is 1. The Kier molecular flexibility index (Phi) is 8.90. The smallest absolute Gasteiger partial charge is 0.211 e. The minimum absolute atomic E-state index is 0.0132. The second-order valence-electron chi connectivity index (χ2n) is 11.4. The topological polar surface area (TPSA) is 54.1 Å². The Bertz CT molecular complexity index is 480. The van der Waals surface area contributed by atoms with Crippen molar-refractivity contribution in [1.82, 2.24) is 0 Å². The van der Waals surface area contributed by atoms with Crippen LogP contribution in [0.4, 0.5) is 0 Å². The molecule has 0 aliphatic heterocycles. The third-order valence-corrected chi connectivity index (χ3v) is 4.23. The lowest BCUT2D eigenvalue weighted by atomic mass is 9.70. The highest BCUT2D eigenvalue weighted by molar-refractivity contribution is 5.35. The van der Waals surface area contributed by atoms with Gasteiger partial charge in [0.15, 0.2) is 5.66 Å². The molecule has 0 aromatic heterocycles. The third-order valence-electron chi connectivity index (χ3n) is 4.23. The molecule has 4 heteroatoms. The summed E-state index contributed by atoms with van der Waals surface area (Å²) in [5.41, 5.74) is -1.11. The molecule has 0 amide bonds. The van der Waals surface area contributed by atoms with Crippen molar-refractivity contribution in [2.75, 3.05) is 0 Å². The SMILES string of the molecule is CC(C)CC(C)(C)CC(CC(C)(C)CC(C)C)(N=C=O)N=NC(C)(C)C. The first-order valence-corrected chi connectivity index (χ1v) is 10.0. The van der Waals surface area contributed by atoms with Crippen molar-refractivity contribution >= 4 is 6.08 Å². The lowest BCUT2D eigenvalue weighted by Gasteiger charge is -2.39. The van der Waals surface area contributed by atoms with Crippen LogP contribution in [0.3, 0.4) is 0 Å². The molecule has 0 fully saturated rings. The largest absolute Gasteiger partial charge is 0.237 e. The minimum atomic E-state index is -0.841. The maximum atomic E-state index is 11.4. The number of azo groups is 1. The third kappa shape index (κ3) is 10.9. The number of hydrogen-bond donors (Lipinski definition) is 0. The second kappa shape index (κ2) is 9.26. The van der Waals surface area contributed by atoms with Crippen molar-refractivity contribution in [3.63, 3.8) is 0 Å². The molecule has 0 saturated carbocycles. The van der Waals surface area contributed by atoms with Crippen molar-refractivity contribution in [1.29, 1.82) is 0 Å². The minimum Gasteiger partial charge on any atom is -0.211 e. The summed E-state index contributed by atoms with van der Waals surface area (Å²) in [5.74, 6) is 1.15. The van der Waals surface area contributed by atoms with Gasteiger partial charge in [0.1, 0.15) is 0 Å². The standard InChI is InChI=1S/C22H43N3O/c1-17(2)12-20(8,9)14-22(23-16-26,25-24-19(5,6)7)15-21(10,11)13-18(3)4/h17-18H,12-15H2,1-11H3. The first-order chi connectivity index (χ1) is 11.5. The summed E-state index contributed by atoms with van der Waals surface area (Å²) >= 11 is 0. The van der Waals surface area contributed by atoms with Gasteiger partial charge in [0.25, 0.3) is 0 Å². The van der Waals surface area contributed by atoms with E-state index in [1.165, 1.54) is 0 Å². The molecule has 0 aromatic carbocycles. The van der Waals surface area contributed by atoms with Crippen LogP contribution in [0.15, 0.2) is 15.2 Å². The zero-order valence-corrected chi connectivity index (χ0v) is 19.2. The van der Waals surface area contributed by atoms with Crippen molar-refractivity contribution in [2.24, 2.45) is 37.9 Å². The van der Waals surface area contributed by atoms with E-state index in [0.29, 0.717) is 24.7 Å². The maximum Gasteiger partial charge on any atom is 0.237 e. The zero-order chi connectivity index (χ0) is 20.8. The van der Waals surface area contributed by atoms with E-state index in [1.807, 2.05) is 26.9 Å². The van der Waals surface area contributed by atoms with E-state index >= 15 is 0 Å². The van der Waals surface area contributed by atoms with Crippen LogP contribution in [0, 0.1) is 22.7 Å². The summed E-state index contributed by atoms with van der Waals surface area (Å²) in [6, 6.07) is 0. The van der Waals surface area contributed by atoms with Gasteiger partial charge in [0.2, 0.25) is 6.08 Å². The lowest BCUT2D eigenvalue weighted by molar-refractivity contribution is 0.131. The van der Waals surface area contributed by atoms with E-state index in [2.05, 4.69) is 65.5 Å². The van der Waals surface area contributed by atoms with Crippen LogP contribution in [0.5, 0.6) is 0 Å². The van der Waals surface area contributed by atoms with Crippen LogP contribution in [0.25, 0.3) is 0 Å². The predicted octanol–water partition coefficient (Wildman–Crippen LogP) is 7.19. The number of rotatable bonds is 10. The Balaban J connectivity index is 6.01. The fourth-order valence-corrected chi connectivity index (χ4v) is 4.45. The zero-order valence-electron chi connectivity index (χ0n) is 19.2. The number of isocyanates is 1. The maximum absolute atomic E-state index is 11.4. The summed E-state index contributed by atoms with van der Waals surface area (Å²) in [6.45, 7) is 23.9. The number of hydrogen-bond acceptors (Lipinski definition) is 4. The van der Waals surface area contributed by atoms with Gasteiger partial charge in [0, 0.05) is 12.8 Å². The molecule has 0 N–H and O–H groups in total. The Morgan fingerprint density at radius 1 is 0.731 bits per heavy atom. The normalized spacial score (nSPS) is 14.3. The van der Waals surface area contributed by atoms with E-state index in [4.69, 9.17) is 5.11 Å². The van der Waals surface area contributed by atoms with Gasteiger partial charge >= 0.3 is 0 Å². The van der Waals surface area contributed by atoms with E-state index in [1.54, 1.807) is 0 Å². The fourth-order valence-electron chi connectivity index (χ4n) is 4.45. The van der Waals surface area contributed by atoms with Gasteiger partial charge in [-0.25, -0.2) is 4.79 Å². The molecule has 0 unspecified atom stereocenters. The number of aliphatic imine (C=N–C) groups is 1. The first kappa shape index (κ1) is 25.0. The average Bonchev–Trinajstić information content (AvgIpc) is 2.31. The summed E-state index contributed by atoms with van der Waals surface area (Å²) < 4.78 is 0. The summed E-state index contributed by atoms with van der Waals surface area (Å²) in [6.07, 6.45) is 5.33. The van der Waals surface area contributed by atoms with Crippen LogP contribution in [0.1, 0.15) is 102 Å². The summed E-state index contributed by atoms with van der Waals surface area (Å²) in [5, 5.41) is 9.22. The van der Waals surface area contributed by atoms with Gasteiger partial charge in [-0.1, -0.05) is 55.4 Å².